The van der Waals surface area contributed by atoms with Gasteiger partial charge in [0, 0.05) is 24.9 Å². The third-order valence-electron chi connectivity index (χ3n) is 3.18. The topological polar surface area (TPSA) is 59.6 Å². The van der Waals surface area contributed by atoms with Gasteiger partial charge in [0.05, 0.1) is 13.7 Å². The van der Waals surface area contributed by atoms with E-state index in [0.29, 0.717) is 13.2 Å². The molecule has 0 spiro atoms. The Labute approximate surface area is 130 Å². The number of benzene rings is 2. The predicted octanol–water partition coefficient (Wildman–Crippen LogP) is 3.16. The van der Waals surface area contributed by atoms with E-state index in [1.165, 1.54) is 0 Å². The molecule has 0 saturated heterocycles. The maximum absolute atomic E-state index is 12.0. The van der Waals surface area contributed by atoms with Crippen molar-refractivity contribution >= 4 is 11.7 Å². The average Bonchev–Trinajstić information content (AvgIpc) is 2.55. The lowest BCUT2D eigenvalue weighted by molar-refractivity contribution is 0.185. The van der Waals surface area contributed by atoms with Crippen LogP contribution in [-0.2, 0) is 17.9 Å². The van der Waals surface area contributed by atoms with Gasteiger partial charge in [0.15, 0.2) is 0 Å². The zero-order valence-corrected chi connectivity index (χ0v) is 12.8. The summed E-state index contributed by atoms with van der Waals surface area (Å²) in [6.07, 6.45) is 0. The van der Waals surface area contributed by atoms with Crippen molar-refractivity contribution in [3.63, 3.8) is 0 Å². The summed E-state index contributed by atoms with van der Waals surface area (Å²) in [5.41, 5.74) is 2.68. The fraction of sp³-hybridized carbons (Fsp3) is 0.235. The number of hydrogen-bond donors (Lipinski definition) is 2. The van der Waals surface area contributed by atoms with Gasteiger partial charge in [-0.2, -0.15) is 0 Å². The highest BCUT2D eigenvalue weighted by molar-refractivity contribution is 5.90. The Morgan fingerprint density at radius 2 is 1.77 bits per heavy atom. The molecule has 0 aliphatic carbocycles. The summed E-state index contributed by atoms with van der Waals surface area (Å²) in [5.74, 6) is 0.793. The first-order chi connectivity index (χ1) is 10.7. The van der Waals surface area contributed by atoms with E-state index in [4.69, 9.17) is 9.47 Å². The van der Waals surface area contributed by atoms with E-state index >= 15 is 0 Å². The largest absolute Gasteiger partial charge is 0.497 e. The van der Waals surface area contributed by atoms with Crippen molar-refractivity contribution in [1.82, 2.24) is 5.32 Å². The molecule has 0 aliphatic rings. The molecule has 0 bridgehead atoms. The smallest absolute Gasteiger partial charge is 0.319 e. The van der Waals surface area contributed by atoms with Gasteiger partial charge in [-0.15, -0.1) is 0 Å². The standard InChI is InChI=1S/C17H20N2O3/c1-21-12-14-5-3-4-6-16(14)19-17(20)18-11-13-7-9-15(22-2)10-8-13/h3-10H,11-12H2,1-2H3,(H2,18,19,20). The minimum absolute atomic E-state index is 0.251. The molecule has 22 heavy (non-hydrogen) atoms. The monoisotopic (exact) mass is 300 g/mol. The molecule has 2 amide bonds. The Morgan fingerprint density at radius 1 is 1.05 bits per heavy atom. The van der Waals surface area contributed by atoms with Gasteiger partial charge in [-0.25, -0.2) is 4.79 Å². The van der Waals surface area contributed by atoms with E-state index in [-0.39, 0.29) is 6.03 Å². The van der Waals surface area contributed by atoms with Crippen molar-refractivity contribution in [3.05, 3.63) is 59.7 Å². The molecule has 2 aromatic carbocycles. The fourth-order valence-electron chi connectivity index (χ4n) is 2.02. The summed E-state index contributed by atoms with van der Waals surface area (Å²) in [5, 5.41) is 5.66. The van der Waals surface area contributed by atoms with Gasteiger partial charge < -0.3 is 20.1 Å². The Balaban J connectivity index is 1.90. The summed E-state index contributed by atoms with van der Waals surface area (Å²) >= 11 is 0. The quantitative estimate of drug-likeness (QED) is 0.861. The molecule has 5 heteroatoms. The molecule has 0 radical (unpaired) electrons. The molecule has 2 rings (SSSR count). The van der Waals surface area contributed by atoms with Crippen LogP contribution in [-0.4, -0.2) is 20.3 Å². The summed E-state index contributed by atoms with van der Waals surface area (Å²) in [7, 11) is 3.25. The van der Waals surface area contributed by atoms with Crippen LogP contribution < -0.4 is 15.4 Å². The number of rotatable bonds is 6. The highest BCUT2D eigenvalue weighted by atomic mass is 16.5. The van der Waals surface area contributed by atoms with Crippen LogP contribution in [0.2, 0.25) is 0 Å². The van der Waals surface area contributed by atoms with Crippen LogP contribution in [0.1, 0.15) is 11.1 Å². The Hall–Kier alpha value is -2.53. The van der Waals surface area contributed by atoms with Gasteiger partial charge in [-0.3, -0.25) is 0 Å². The van der Waals surface area contributed by atoms with Gasteiger partial charge in [-0.1, -0.05) is 30.3 Å². The number of urea groups is 1. The van der Waals surface area contributed by atoms with Gasteiger partial charge in [0.1, 0.15) is 5.75 Å². The van der Waals surface area contributed by atoms with E-state index in [1.54, 1.807) is 14.2 Å². The van der Waals surface area contributed by atoms with Crippen molar-refractivity contribution in [2.75, 3.05) is 19.5 Å². The second kappa shape index (κ2) is 8.05. The normalized spacial score (nSPS) is 10.1. The van der Waals surface area contributed by atoms with E-state index < -0.39 is 0 Å². The van der Waals surface area contributed by atoms with Gasteiger partial charge in [0.25, 0.3) is 0 Å². The number of hydrogen-bond acceptors (Lipinski definition) is 3. The number of methoxy groups -OCH3 is 2. The first-order valence-electron chi connectivity index (χ1n) is 6.97. The van der Waals surface area contributed by atoms with Crippen LogP contribution in [0.15, 0.2) is 48.5 Å². The second-order valence-corrected chi connectivity index (χ2v) is 4.75. The molecule has 0 fully saturated rings. The van der Waals surface area contributed by atoms with Crippen molar-refractivity contribution in [2.45, 2.75) is 13.2 Å². The molecule has 0 atom stereocenters. The summed E-state index contributed by atoms with van der Waals surface area (Å²) in [6, 6.07) is 14.9. The molecule has 0 aromatic heterocycles. The summed E-state index contributed by atoms with van der Waals surface area (Å²) in [4.78, 5) is 12.0. The second-order valence-electron chi connectivity index (χ2n) is 4.75. The van der Waals surface area contributed by atoms with E-state index in [1.807, 2.05) is 48.5 Å². The third-order valence-corrected chi connectivity index (χ3v) is 3.18. The lowest BCUT2D eigenvalue weighted by Gasteiger charge is -2.11. The van der Waals surface area contributed by atoms with Crippen LogP contribution in [0, 0.1) is 0 Å². The third kappa shape index (κ3) is 4.49. The molecule has 0 heterocycles. The maximum atomic E-state index is 12.0. The molecular weight excluding hydrogens is 280 g/mol. The Kier molecular flexibility index (Phi) is 5.80. The molecule has 5 nitrogen and oxygen atoms in total. The lowest BCUT2D eigenvalue weighted by Crippen LogP contribution is -2.28. The summed E-state index contributed by atoms with van der Waals surface area (Å²) in [6.45, 7) is 0.900. The predicted molar refractivity (Wildman–Crippen MR) is 86.0 cm³/mol. The molecule has 0 unspecified atom stereocenters. The lowest BCUT2D eigenvalue weighted by atomic mass is 10.2. The molecule has 2 aromatic rings. The molecule has 2 N–H and O–H groups in total. The van der Waals surface area contributed by atoms with Crippen molar-refractivity contribution in [1.29, 1.82) is 0 Å². The number of para-hydroxylation sites is 1. The van der Waals surface area contributed by atoms with E-state index in [2.05, 4.69) is 10.6 Å². The van der Waals surface area contributed by atoms with Crippen LogP contribution >= 0.6 is 0 Å². The van der Waals surface area contributed by atoms with Gasteiger partial charge >= 0.3 is 6.03 Å². The Bertz CT molecular complexity index is 612. The SMILES string of the molecule is COCc1ccccc1NC(=O)NCc1ccc(OC)cc1. The van der Waals surface area contributed by atoms with E-state index in [0.717, 1.165) is 22.6 Å². The average molecular weight is 300 g/mol. The number of anilines is 1. The zero-order chi connectivity index (χ0) is 15.8. The minimum Gasteiger partial charge on any atom is -0.497 e. The summed E-state index contributed by atoms with van der Waals surface area (Å²) < 4.78 is 10.2. The molecule has 0 aliphatic heterocycles. The highest BCUT2D eigenvalue weighted by Crippen LogP contribution is 2.16. The molecular formula is C17H20N2O3. The molecule has 116 valence electrons. The maximum Gasteiger partial charge on any atom is 0.319 e. The number of carbonyl (C=O) groups excluding carboxylic acids is 1. The van der Waals surface area contributed by atoms with Crippen molar-refractivity contribution in [3.8, 4) is 5.75 Å². The van der Waals surface area contributed by atoms with Crippen LogP contribution in [0.3, 0.4) is 0 Å². The Morgan fingerprint density at radius 3 is 2.45 bits per heavy atom. The first-order valence-corrected chi connectivity index (χ1v) is 6.97. The van der Waals surface area contributed by atoms with Crippen LogP contribution in [0.4, 0.5) is 10.5 Å². The minimum atomic E-state index is -0.251. The van der Waals surface area contributed by atoms with E-state index in [9.17, 15) is 4.79 Å². The first kappa shape index (κ1) is 15.9. The van der Waals surface area contributed by atoms with Gasteiger partial charge in [-0.05, 0) is 23.8 Å². The van der Waals surface area contributed by atoms with Gasteiger partial charge in [0.2, 0.25) is 0 Å². The number of ether oxygens (including phenoxy) is 2. The van der Waals surface area contributed by atoms with Crippen molar-refractivity contribution < 1.29 is 14.3 Å². The van der Waals surface area contributed by atoms with Crippen LogP contribution in [0.5, 0.6) is 5.75 Å². The number of carbonyl (C=O) groups is 1. The van der Waals surface area contributed by atoms with Crippen molar-refractivity contribution in [2.24, 2.45) is 0 Å². The number of nitrogens with one attached hydrogen (secondary N) is 2. The number of amides is 2. The zero-order valence-electron chi connectivity index (χ0n) is 12.8. The highest BCUT2D eigenvalue weighted by Gasteiger charge is 2.06. The molecule has 0 saturated carbocycles. The fourth-order valence-corrected chi connectivity index (χ4v) is 2.02. The van der Waals surface area contributed by atoms with Crippen LogP contribution in [0.25, 0.3) is 0 Å².